The van der Waals surface area contributed by atoms with E-state index in [1.165, 1.54) is 11.3 Å². The van der Waals surface area contributed by atoms with Crippen LogP contribution in [0.15, 0.2) is 30.3 Å². The average Bonchev–Trinajstić information content (AvgIpc) is 3.25. The van der Waals surface area contributed by atoms with Crippen molar-refractivity contribution < 1.29 is 9.53 Å². The third-order valence-electron chi connectivity index (χ3n) is 5.53. The molecule has 3 heterocycles. The third kappa shape index (κ3) is 4.85. The monoisotopic (exact) mass is 395 g/mol. The summed E-state index contributed by atoms with van der Waals surface area (Å²) < 4.78 is 5.65. The first kappa shape index (κ1) is 19.6. The highest BCUT2D eigenvalue weighted by Crippen LogP contribution is 2.19. The Morgan fingerprint density at radius 1 is 1.17 bits per heavy atom. The summed E-state index contributed by atoms with van der Waals surface area (Å²) in [5, 5.41) is 3.30. The average molecular weight is 396 g/mol. The van der Waals surface area contributed by atoms with Crippen molar-refractivity contribution in [2.75, 3.05) is 49.5 Å². The van der Waals surface area contributed by atoms with Crippen LogP contribution < -0.4 is 10.2 Å². The molecule has 2 saturated heterocycles. The minimum atomic E-state index is -0.0282. The van der Waals surface area contributed by atoms with E-state index in [9.17, 15) is 4.79 Å². The Morgan fingerprint density at radius 3 is 2.72 bits per heavy atom. The number of aryl methyl sites for hydroxylation is 2. The van der Waals surface area contributed by atoms with Gasteiger partial charge in [-0.25, -0.2) is 9.97 Å². The molecule has 0 saturated carbocycles. The number of nitrogens with zero attached hydrogens (tertiary/aromatic N) is 4. The van der Waals surface area contributed by atoms with Crippen molar-refractivity contribution >= 4 is 17.4 Å². The van der Waals surface area contributed by atoms with E-state index in [0.717, 1.165) is 32.5 Å². The fourth-order valence-electron chi connectivity index (χ4n) is 3.95. The predicted octanol–water partition coefficient (Wildman–Crippen LogP) is 2.65. The quantitative estimate of drug-likeness (QED) is 0.839. The van der Waals surface area contributed by atoms with E-state index in [2.05, 4.69) is 51.4 Å². The summed E-state index contributed by atoms with van der Waals surface area (Å²) in [6.45, 7) is 8.48. The number of aromatic nitrogens is 2. The van der Waals surface area contributed by atoms with Crippen LogP contribution in [-0.4, -0.2) is 66.2 Å². The molecule has 1 atom stereocenters. The molecule has 2 aromatic rings. The lowest BCUT2D eigenvalue weighted by Gasteiger charge is -2.36. The highest BCUT2D eigenvalue weighted by molar-refractivity contribution is 5.93. The van der Waals surface area contributed by atoms with Crippen LogP contribution in [-0.2, 0) is 4.74 Å². The lowest BCUT2D eigenvalue weighted by Crippen LogP contribution is -2.49. The van der Waals surface area contributed by atoms with E-state index < -0.39 is 0 Å². The summed E-state index contributed by atoms with van der Waals surface area (Å²) in [6.07, 6.45) is 2.39. The molecule has 0 aliphatic carbocycles. The van der Waals surface area contributed by atoms with Gasteiger partial charge >= 0.3 is 0 Å². The molecule has 0 radical (unpaired) electrons. The van der Waals surface area contributed by atoms with Gasteiger partial charge in [0, 0.05) is 51.1 Å². The fourth-order valence-corrected chi connectivity index (χ4v) is 3.95. The molecule has 1 aromatic heterocycles. The Bertz CT molecular complexity index is 858. The summed E-state index contributed by atoms with van der Waals surface area (Å²) in [5.74, 6) is 1.26. The van der Waals surface area contributed by atoms with Gasteiger partial charge in [0.05, 0.1) is 6.10 Å². The fraction of sp³-hybridized carbons (Fsp3) is 0.500. The van der Waals surface area contributed by atoms with Crippen molar-refractivity contribution in [1.29, 1.82) is 0 Å². The number of rotatable bonds is 5. The number of benzene rings is 1. The standard InChI is InChI=1S/C22H29N5O2/c1-16-5-3-6-18(13-16)26-8-10-27(11-9-26)22(28)20-14-21(25-17(2)24-20)23-15-19-7-4-12-29-19/h3,5-6,13-14,19H,4,7-12,15H2,1-2H3,(H,23,24,25). The van der Waals surface area contributed by atoms with Crippen molar-refractivity contribution in [2.45, 2.75) is 32.8 Å². The third-order valence-corrected chi connectivity index (χ3v) is 5.53. The topological polar surface area (TPSA) is 70.6 Å². The Kier molecular flexibility index (Phi) is 5.94. The zero-order valence-corrected chi connectivity index (χ0v) is 17.2. The molecule has 2 aliphatic heterocycles. The van der Waals surface area contributed by atoms with Gasteiger partial charge in [-0.05, 0) is 44.4 Å². The molecule has 1 N–H and O–H groups in total. The van der Waals surface area contributed by atoms with Crippen molar-refractivity contribution in [3.8, 4) is 0 Å². The SMILES string of the molecule is Cc1cccc(N2CCN(C(=O)c3cc(NCC4CCCO4)nc(C)n3)CC2)c1. The van der Waals surface area contributed by atoms with Gasteiger partial charge in [0.25, 0.3) is 5.91 Å². The van der Waals surface area contributed by atoms with Crippen molar-refractivity contribution in [2.24, 2.45) is 0 Å². The molecule has 4 rings (SSSR count). The van der Waals surface area contributed by atoms with Gasteiger partial charge in [0.15, 0.2) is 0 Å². The van der Waals surface area contributed by atoms with E-state index in [1.807, 2.05) is 11.8 Å². The van der Waals surface area contributed by atoms with E-state index in [1.54, 1.807) is 6.07 Å². The highest BCUT2D eigenvalue weighted by atomic mass is 16.5. The second-order valence-electron chi connectivity index (χ2n) is 7.82. The van der Waals surface area contributed by atoms with Gasteiger partial charge in [-0.1, -0.05) is 12.1 Å². The van der Waals surface area contributed by atoms with E-state index in [0.29, 0.717) is 37.0 Å². The first-order valence-corrected chi connectivity index (χ1v) is 10.4. The van der Waals surface area contributed by atoms with Crippen LogP contribution in [0.4, 0.5) is 11.5 Å². The van der Waals surface area contributed by atoms with Crippen LogP contribution in [0, 0.1) is 13.8 Å². The minimum Gasteiger partial charge on any atom is -0.376 e. The molecule has 2 fully saturated rings. The van der Waals surface area contributed by atoms with Crippen LogP contribution in [0.25, 0.3) is 0 Å². The number of carbonyl (C=O) groups is 1. The maximum Gasteiger partial charge on any atom is 0.272 e. The lowest BCUT2D eigenvalue weighted by molar-refractivity contribution is 0.0740. The Morgan fingerprint density at radius 2 is 2.00 bits per heavy atom. The number of piperazine rings is 1. The largest absolute Gasteiger partial charge is 0.376 e. The van der Waals surface area contributed by atoms with Gasteiger partial charge in [-0.3, -0.25) is 4.79 Å². The maximum atomic E-state index is 13.0. The summed E-state index contributed by atoms with van der Waals surface area (Å²) in [7, 11) is 0. The molecule has 1 amide bonds. The summed E-state index contributed by atoms with van der Waals surface area (Å²) in [6, 6.07) is 10.3. The van der Waals surface area contributed by atoms with Gasteiger partial charge in [-0.2, -0.15) is 0 Å². The molecule has 7 nitrogen and oxygen atoms in total. The van der Waals surface area contributed by atoms with Crippen LogP contribution in [0.1, 0.15) is 34.7 Å². The number of carbonyl (C=O) groups excluding carboxylic acids is 1. The lowest BCUT2D eigenvalue weighted by atomic mass is 10.2. The summed E-state index contributed by atoms with van der Waals surface area (Å²) >= 11 is 0. The van der Waals surface area contributed by atoms with Gasteiger partial charge < -0.3 is 19.9 Å². The molecule has 154 valence electrons. The Hall–Kier alpha value is -2.67. The van der Waals surface area contributed by atoms with E-state index >= 15 is 0 Å². The number of ether oxygens (including phenoxy) is 1. The van der Waals surface area contributed by atoms with Gasteiger partial charge in [-0.15, -0.1) is 0 Å². The maximum absolute atomic E-state index is 13.0. The number of anilines is 2. The Labute approximate surface area is 172 Å². The zero-order chi connectivity index (χ0) is 20.2. The minimum absolute atomic E-state index is 0.0282. The summed E-state index contributed by atoms with van der Waals surface area (Å²) in [4.78, 5) is 26.1. The van der Waals surface area contributed by atoms with Crippen molar-refractivity contribution in [3.63, 3.8) is 0 Å². The van der Waals surface area contributed by atoms with E-state index in [-0.39, 0.29) is 12.0 Å². The summed E-state index contributed by atoms with van der Waals surface area (Å²) in [5.41, 5.74) is 2.92. The first-order valence-electron chi connectivity index (χ1n) is 10.4. The van der Waals surface area contributed by atoms with Crippen molar-refractivity contribution in [1.82, 2.24) is 14.9 Å². The van der Waals surface area contributed by atoms with Crippen LogP contribution in [0.2, 0.25) is 0 Å². The molecular formula is C22H29N5O2. The number of hydrogen-bond acceptors (Lipinski definition) is 6. The molecule has 29 heavy (non-hydrogen) atoms. The first-order chi connectivity index (χ1) is 14.1. The van der Waals surface area contributed by atoms with E-state index in [4.69, 9.17) is 4.74 Å². The number of amides is 1. The molecule has 0 bridgehead atoms. The molecule has 0 spiro atoms. The normalized spacial score (nSPS) is 19.4. The molecule has 7 heteroatoms. The molecule has 1 unspecified atom stereocenters. The molecular weight excluding hydrogens is 366 g/mol. The van der Waals surface area contributed by atoms with Crippen molar-refractivity contribution in [3.05, 3.63) is 47.4 Å². The smallest absolute Gasteiger partial charge is 0.272 e. The number of nitrogens with one attached hydrogen (secondary N) is 1. The van der Waals surface area contributed by atoms with Crippen LogP contribution in [0.5, 0.6) is 0 Å². The number of hydrogen-bond donors (Lipinski definition) is 1. The zero-order valence-electron chi connectivity index (χ0n) is 17.2. The predicted molar refractivity (Wildman–Crippen MR) is 114 cm³/mol. The second-order valence-corrected chi connectivity index (χ2v) is 7.82. The molecule has 1 aromatic carbocycles. The Balaban J connectivity index is 1.38. The second kappa shape index (κ2) is 8.78. The van der Waals surface area contributed by atoms with Crippen LogP contribution >= 0.6 is 0 Å². The van der Waals surface area contributed by atoms with Gasteiger partial charge in [0.2, 0.25) is 0 Å². The highest BCUT2D eigenvalue weighted by Gasteiger charge is 2.24. The van der Waals surface area contributed by atoms with Crippen LogP contribution in [0.3, 0.4) is 0 Å². The van der Waals surface area contributed by atoms with Gasteiger partial charge in [0.1, 0.15) is 17.3 Å². The molecule has 2 aliphatic rings.